The molecular formula is C25H26N4O3S. The van der Waals surface area contributed by atoms with E-state index in [2.05, 4.69) is 22.9 Å². The third kappa shape index (κ3) is 3.85. The van der Waals surface area contributed by atoms with Crippen molar-refractivity contribution in [3.8, 4) is 11.8 Å². The molecular weight excluding hydrogens is 436 g/mol. The van der Waals surface area contributed by atoms with Crippen LogP contribution in [-0.2, 0) is 11.2 Å². The number of carbonyl (C=O) groups excluding carboxylic acids is 1. The lowest BCUT2D eigenvalue weighted by molar-refractivity contribution is -0.129. The number of rotatable bonds is 6. The molecule has 2 aromatic rings. The summed E-state index contributed by atoms with van der Waals surface area (Å²) < 4.78 is 9.12. The van der Waals surface area contributed by atoms with Gasteiger partial charge >= 0.3 is 0 Å². The van der Waals surface area contributed by atoms with E-state index in [0.717, 1.165) is 28.9 Å². The number of fused-ring (bicyclic) bond motifs is 3. The Morgan fingerprint density at radius 1 is 1.33 bits per heavy atom. The van der Waals surface area contributed by atoms with Crippen molar-refractivity contribution < 1.29 is 14.6 Å². The standard InChI is InChI=1S/C25H26N4O3S/c1-14(2)32-21-7-6-15(10-17(21)13-26)25-27-24(28-33-25)19-5-3-4-18-20(19)11-16-12-22(31)29(8-9-30)23(16)18/h3-7,10,14,16,23,25,30H,8-9,11-12H2,1-2H3,(H,27,28). The SMILES string of the molecule is CC(C)Oc1ccc(C2N=C(c3cccc4c3CC3CC(=O)N(CCO)C43)NS2)cc1C#N. The van der Waals surface area contributed by atoms with Gasteiger partial charge in [0.25, 0.3) is 0 Å². The number of nitrogens with one attached hydrogen (secondary N) is 1. The van der Waals surface area contributed by atoms with Gasteiger partial charge < -0.3 is 19.5 Å². The number of ether oxygens (including phenoxy) is 1. The second-order valence-corrected chi connectivity index (χ2v) is 9.77. The fraction of sp³-hybridized carbons (Fsp3) is 0.400. The van der Waals surface area contributed by atoms with Crippen molar-refractivity contribution >= 4 is 23.7 Å². The Balaban J connectivity index is 1.43. The maximum Gasteiger partial charge on any atom is 0.223 e. The highest BCUT2D eigenvalue weighted by Crippen LogP contribution is 2.48. The monoisotopic (exact) mass is 462 g/mol. The van der Waals surface area contributed by atoms with Gasteiger partial charge in [-0.25, -0.2) is 4.99 Å². The van der Waals surface area contributed by atoms with Crippen LogP contribution in [0.15, 0.2) is 41.4 Å². The van der Waals surface area contributed by atoms with Crippen molar-refractivity contribution in [1.82, 2.24) is 9.62 Å². The first-order chi connectivity index (χ1) is 16.0. The van der Waals surface area contributed by atoms with Gasteiger partial charge in [-0.05, 0) is 67.0 Å². The first kappa shape index (κ1) is 21.8. The van der Waals surface area contributed by atoms with Crippen LogP contribution in [0, 0.1) is 17.2 Å². The van der Waals surface area contributed by atoms with Gasteiger partial charge in [0.15, 0.2) is 0 Å². The number of aliphatic hydroxyl groups excluding tert-OH is 1. The lowest BCUT2D eigenvalue weighted by Crippen LogP contribution is -2.30. The number of hydrogen-bond donors (Lipinski definition) is 2. The number of amides is 1. The van der Waals surface area contributed by atoms with Gasteiger partial charge in [-0.15, -0.1) is 0 Å². The highest BCUT2D eigenvalue weighted by molar-refractivity contribution is 7.98. The van der Waals surface area contributed by atoms with Crippen LogP contribution >= 0.6 is 11.9 Å². The van der Waals surface area contributed by atoms with E-state index in [0.29, 0.717) is 24.3 Å². The number of hydrogen-bond acceptors (Lipinski definition) is 7. The zero-order valence-corrected chi connectivity index (χ0v) is 19.4. The first-order valence-corrected chi connectivity index (χ1v) is 12.1. The van der Waals surface area contributed by atoms with Crippen molar-refractivity contribution in [2.24, 2.45) is 10.9 Å². The summed E-state index contributed by atoms with van der Waals surface area (Å²) >= 11 is 1.51. The number of β-amino-alcohol motifs (C(OH)–C–C–N with tert-alkyl or cyclic N) is 1. The van der Waals surface area contributed by atoms with E-state index in [9.17, 15) is 15.2 Å². The minimum absolute atomic E-state index is 0.00152. The number of amidine groups is 1. The van der Waals surface area contributed by atoms with E-state index in [1.165, 1.54) is 17.5 Å². The fourth-order valence-corrected chi connectivity index (χ4v) is 5.95. The average molecular weight is 463 g/mol. The minimum atomic E-state index is -0.163. The molecule has 0 aromatic heterocycles. The molecule has 33 heavy (non-hydrogen) atoms. The van der Waals surface area contributed by atoms with Crippen LogP contribution in [-0.4, -0.2) is 41.0 Å². The molecule has 0 radical (unpaired) electrons. The van der Waals surface area contributed by atoms with Gasteiger partial charge in [0.05, 0.1) is 24.3 Å². The summed E-state index contributed by atoms with van der Waals surface area (Å²) in [6.45, 7) is 4.22. The van der Waals surface area contributed by atoms with Gasteiger partial charge in [-0.1, -0.05) is 24.3 Å². The summed E-state index contributed by atoms with van der Waals surface area (Å²) in [5.41, 5.74) is 4.91. The Bertz CT molecular complexity index is 1170. The quantitative estimate of drug-likeness (QED) is 0.638. The largest absolute Gasteiger partial charge is 0.490 e. The molecule has 8 heteroatoms. The van der Waals surface area contributed by atoms with E-state index in [4.69, 9.17) is 9.73 Å². The van der Waals surface area contributed by atoms with E-state index < -0.39 is 0 Å². The third-order valence-electron chi connectivity index (χ3n) is 6.42. The topological polar surface area (TPSA) is 97.9 Å². The Hall–Kier alpha value is -3.02. The summed E-state index contributed by atoms with van der Waals surface area (Å²) in [6, 6.07) is 14.1. The van der Waals surface area contributed by atoms with Crippen molar-refractivity contribution in [3.63, 3.8) is 0 Å². The summed E-state index contributed by atoms with van der Waals surface area (Å²) in [6.07, 6.45) is 1.36. The molecule has 2 N–H and O–H groups in total. The lowest BCUT2D eigenvalue weighted by Gasteiger charge is -2.24. The summed E-state index contributed by atoms with van der Waals surface area (Å²) in [5, 5.41) is 18.8. The van der Waals surface area contributed by atoms with Crippen molar-refractivity contribution in [3.05, 3.63) is 64.2 Å². The number of carbonyl (C=O) groups is 1. The molecule has 0 bridgehead atoms. The smallest absolute Gasteiger partial charge is 0.223 e. The number of nitriles is 1. The molecule has 1 fully saturated rings. The predicted molar refractivity (Wildman–Crippen MR) is 127 cm³/mol. The molecule has 2 heterocycles. The molecule has 1 amide bonds. The molecule has 0 spiro atoms. The van der Waals surface area contributed by atoms with Crippen LogP contribution in [0.4, 0.5) is 0 Å². The molecule has 3 unspecified atom stereocenters. The Morgan fingerprint density at radius 2 is 2.18 bits per heavy atom. The molecule has 1 aliphatic carbocycles. The van der Waals surface area contributed by atoms with Crippen LogP contribution in [0.1, 0.15) is 59.5 Å². The van der Waals surface area contributed by atoms with Crippen molar-refractivity contribution in [1.29, 1.82) is 5.26 Å². The predicted octanol–water partition coefficient (Wildman–Crippen LogP) is 3.48. The molecule has 170 valence electrons. The molecule has 3 atom stereocenters. The first-order valence-electron chi connectivity index (χ1n) is 11.2. The zero-order chi connectivity index (χ0) is 23.1. The van der Waals surface area contributed by atoms with Gasteiger partial charge in [0.1, 0.15) is 23.0 Å². The molecule has 2 aromatic carbocycles. The molecule has 3 aliphatic rings. The molecule has 1 saturated heterocycles. The van der Waals surface area contributed by atoms with Crippen LogP contribution in [0.25, 0.3) is 0 Å². The molecule has 5 rings (SSSR count). The summed E-state index contributed by atoms with van der Waals surface area (Å²) in [4.78, 5) is 19.2. The summed E-state index contributed by atoms with van der Waals surface area (Å²) in [5.74, 6) is 1.78. The summed E-state index contributed by atoms with van der Waals surface area (Å²) in [7, 11) is 0. The Labute approximate surface area is 197 Å². The third-order valence-corrected chi connectivity index (χ3v) is 7.33. The number of aliphatic hydroxyl groups is 1. The van der Waals surface area contributed by atoms with Crippen molar-refractivity contribution in [2.45, 2.75) is 44.2 Å². The van der Waals surface area contributed by atoms with E-state index in [1.54, 1.807) is 0 Å². The molecule has 0 saturated carbocycles. The van der Waals surface area contributed by atoms with Crippen LogP contribution in [0.5, 0.6) is 5.75 Å². The van der Waals surface area contributed by atoms with Gasteiger partial charge in [-0.2, -0.15) is 5.26 Å². The highest BCUT2D eigenvalue weighted by Gasteiger charge is 2.46. The number of likely N-dealkylation sites (tertiary alicyclic amines) is 1. The van der Waals surface area contributed by atoms with Crippen LogP contribution in [0.3, 0.4) is 0 Å². The van der Waals surface area contributed by atoms with E-state index in [-0.39, 0.29) is 36.0 Å². The maximum absolute atomic E-state index is 12.4. The zero-order valence-electron chi connectivity index (χ0n) is 18.6. The fourth-order valence-electron chi connectivity index (χ4n) is 5.13. The minimum Gasteiger partial charge on any atom is -0.490 e. The molecule has 2 aliphatic heterocycles. The molecule has 7 nitrogen and oxygen atoms in total. The van der Waals surface area contributed by atoms with Gasteiger partial charge in [0.2, 0.25) is 5.91 Å². The second-order valence-electron chi connectivity index (χ2n) is 8.88. The Kier molecular flexibility index (Phi) is 5.77. The lowest BCUT2D eigenvalue weighted by atomic mass is 10.0. The van der Waals surface area contributed by atoms with E-state index in [1.807, 2.05) is 43.0 Å². The van der Waals surface area contributed by atoms with Crippen LogP contribution < -0.4 is 9.46 Å². The normalized spacial score (nSPS) is 23.2. The van der Waals surface area contributed by atoms with Crippen LogP contribution in [0.2, 0.25) is 0 Å². The number of aliphatic imine (C=N–C) groups is 1. The van der Waals surface area contributed by atoms with Gasteiger partial charge in [-0.3, -0.25) is 4.79 Å². The number of benzene rings is 2. The number of nitrogens with zero attached hydrogens (tertiary/aromatic N) is 3. The highest BCUT2D eigenvalue weighted by atomic mass is 32.2. The maximum atomic E-state index is 12.4. The van der Waals surface area contributed by atoms with Gasteiger partial charge in [0, 0.05) is 18.5 Å². The second kappa shape index (κ2) is 8.73. The van der Waals surface area contributed by atoms with Crippen molar-refractivity contribution in [2.75, 3.05) is 13.2 Å². The average Bonchev–Trinajstić information content (AvgIpc) is 3.49. The van der Waals surface area contributed by atoms with E-state index >= 15 is 0 Å². The Morgan fingerprint density at radius 3 is 2.94 bits per heavy atom.